The molecule has 8 nitrogen and oxygen atoms in total. The van der Waals surface area contributed by atoms with E-state index in [9.17, 15) is 14.9 Å². The second kappa shape index (κ2) is 9.89. The summed E-state index contributed by atoms with van der Waals surface area (Å²) in [4.78, 5) is 28.5. The summed E-state index contributed by atoms with van der Waals surface area (Å²) in [6, 6.07) is 12.9. The quantitative estimate of drug-likeness (QED) is 0.361. The maximum Gasteiger partial charge on any atom is 0.331 e. The SMILES string of the molecule is CN1C(=C(C#N)C(=O)COC(=O)/C=C/c2cc(Cl)c3c(c2)OCCCO3)N(C)c2ccccc21. The zero-order chi connectivity index (χ0) is 24.2. The van der Waals surface area contributed by atoms with Gasteiger partial charge in [0, 0.05) is 26.6 Å². The summed E-state index contributed by atoms with van der Waals surface area (Å²) in [6.07, 6.45) is 3.44. The Morgan fingerprint density at radius 2 is 1.82 bits per heavy atom. The van der Waals surface area contributed by atoms with Gasteiger partial charge in [0.15, 0.2) is 18.1 Å². The fourth-order valence-corrected chi connectivity index (χ4v) is 4.10. The lowest BCUT2D eigenvalue weighted by Gasteiger charge is -2.19. The average molecular weight is 480 g/mol. The Kier molecular flexibility index (Phi) is 6.75. The van der Waals surface area contributed by atoms with Crippen molar-refractivity contribution in [1.82, 2.24) is 0 Å². The Morgan fingerprint density at radius 1 is 1.15 bits per heavy atom. The lowest BCUT2D eigenvalue weighted by Crippen LogP contribution is -2.27. The van der Waals surface area contributed by atoms with Crippen LogP contribution in [-0.2, 0) is 14.3 Å². The third-order valence-electron chi connectivity index (χ3n) is 5.44. The molecule has 0 saturated carbocycles. The first-order valence-electron chi connectivity index (χ1n) is 10.6. The van der Waals surface area contributed by atoms with Crippen LogP contribution in [0.4, 0.5) is 11.4 Å². The summed E-state index contributed by atoms with van der Waals surface area (Å²) in [7, 11) is 3.55. The third-order valence-corrected chi connectivity index (χ3v) is 5.72. The number of ether oxygens (including phenoxy) is 3. The standard InChI is InChI=1S/C25H22ClN3O5/c1-28-19-6-3-4-7-20(19)29(2)25(28)17(14-27)21(30)15-34-23(31)9-8-16-12-18(26)24-22(13-16)32-10-5-11-33-24/h3-4,6-9,12-13H,5,10-11,15H2,1-2H3/b9-8+. The summed E-state index contributed by atoms with van der Waals surface area (Å²) in [5.74, 6) is 0.0941. The summed E-state index contributed by atoms with van der Waals surface area (Å²) >= 11 is 6.26. The van der Waals surface area contributed by atoms with Gasteiger partial charge < -0.3 is 24.0 Å². The molecule has 0 amide bonds. The Morgan fingerprint density at radius 3 is 2.50 bits per heavy atom. The van der Waals surface area contributed by atoms with Gasteiger partial charge in [-0.1, -0.05) is 23.7 Å². The molecule has 2 aliphatic rings. The van der Waals surface area contributed by atoms with E-state index in [0.29, 0.717) is 41.1 Å². The molecular formula is C25H22ClN3O5. The van der Waals surface area contributed by atoms with Gasteiger partial charge in [-0.3, -0.25) is 4.79 Å². The van der Waals surface area contributed by atoms with Crippen molar-refractivity contribution in [3.8, 4) is 17.6 Å². The van der Waals surface area contributed by atoms with Gasteiger partial charge in [-0.2, -0.15) is 5.26 Å². The molecule has 174 valence electrons. The first-order valence-corrected chi connectivity index (χ1v) is 11.0. The van der Waals surface area contributed by atoms with E-state index >= 15 is 0 Å². The van der Waals surface area contributed by atoms with Crippen molar-refractivity contribution >= 4 is 40.8 Å². The summed E-state index contributed by atoms with van der Waals surface area (Å²) in [5, 5.41) is 10.0. The van der Waals surface area contributed by atoms with Crippen LogP contribution >= 0.6 is 11.6 Å². The number of carbonyl (C=O) groups excluding carboxylic acids is 2. The highest BCUT2D eigenvalue weighted by Crippen LogP contribution is 2.40. The van der Waals surface area contributed by atoms with Crippen molar-refractivity contribution in [2.24, 2.45) is 0 Å². The number of hydrogen-bond acceptors (Lipinski definition) is 8. The molecule has 0 radical (unpaired) electrons. The maximum absolute atomic E-state index is 12.7. The van der Waals surface area contributed by atoms with Gasteiger partial charge in [0.2, 0.25) is 5.78 Å². The van der Waals surface area contributed by atoms with Gasteiger partial charge >= 0.3 is 5.97 Å². The van der Waals surface area contributed by atoms with Gasteiger partial charge in [0.05, 0.1) is 29.6 Å². The molecule has 0 bridgehead atoms. The smallest absolute Gasteiger partial charge is 0.331 e. The van der Waals surface area contributed by atoms with Gasteiger partial charge in [0.25, 0.3) is 0 Å². The number of benzene rings is 2. The lowest BCUT2D eigenvalue weighted by atomic mass is 10.2. The normalized spacial score (nSPS) is 14.5. The molecule has 0 atom stereocenters. The average Bonchev–Trinajstić information content (AvgIpc) is 2.99. The van der Waals surface area contributed by atoms with Crippen molar-refractivity contribution in [3.05, 3.63) is 64.5 Å². The lowest BCUT2D eigenvalue weighted by molar-refractivity contribution is -0.141. The molecule has 0 N–H and O–H groups in total. The number of anilines is 2. The molecule has 4 rings (SSSR count). The van der Waals surface area contributed by atoms with Crippen molar-refractivity contribution in [1.29, 1.82) is 5.26 Å². The van der Waals surface area contributed by atoms with E-state index < -0.39 is 18.4 Å². The minimum atomic E-state index is -0.727. The number of esters is 1. The number of carbonyl (C=O) groups is 2. The Balaban J connectivity index is 1.43. The molecule has 34 heavy (non-hydrogen) atoms. The highest BCUT2D eigenvalue weighted by atomic mass is 35.5. The second-order valence-corrected chi connectivity index (χ2v) is 8.07. The van der Waals surface area contributed by atoms with Gasteiger partial charge in [0.1, 0.15) is 17.5 Å². The van der Waals surface area contributed by atoms with E-state index in [0.717, 1.165) is 17.8 Å². The van der Waals surface area contributed by atoms with Crippen LogP contribution < -0.4 is 19.3 Å². The van der Waals surface area contributed by atoms with E-state index in [2.05, 4.69) is 0 Å². The van der Waals surface area contributed by atoms with Gasteiger partial charge in [-0.15, -0.1) is 0 Å². The maximum atomic E-state index is 12.7. The van der Waals surface area contributed by atoms with Crippen LogP contribution in [0.25, 0.3) is 6.08 Å². The second-order valence-electron chi connectivity index (χ2n) is 7.66. The number of halogens is 1. The third kappa shape index (κ3) is 4.56. The molecule has 2 aromatic rings. The number of nitriles is 1. The van der Waals surface area contributed by atoms with Gasteiger partial charge in [-0.05, 0) is 35.9 Å². The number of para-hydroxylation sites is 2. The predicted molar refractivity (Wildman–Crippen MR) is 128 cm³/mol. The number of rotatable bonds is 5. The van der Waals surface area contributed by atoms with E-state index in [4.69, 9.17) is 25.8 Å². The Labute approximate surface area is 202 Å². The fourth-order valence-electron chi connectivity index (χ4n) is 3.83. The molecule has 0 fully saturated rings. The number of nitrogens with zero attached hydrogens (tertiary/aromatic N) is 3. The highest BCUT2D eigenvalue weighted by molar-refractivity contribution is 6.32. The summed E-state index contributed by atoms with van der Waals surface area (Å²) in [6.45, 7) is 0.461. The van der Waals surface area contributed by atoms with Crippen LogP contribution in [0, 0.1) is 11.3 Å². The van der Waals surface area contributed by atoms with Crippen LogP contribution in [0.1, 0.15) is 12.0 Å². The number of Topliss-reactive ketones (excluding diaryl/α,β-unsaturated/α-hetero) is 1. The number of hydrogen-bond donors (Lipinski definition) is 0. The van der Waals surface area contributed by atoms with E-state index in [1.165, 1.54) is 12.2 Å². The molecule has 2 aromatic carbocycles. The monoisotopic (exact) mass is 479 g/mol. The molecule has 0 spiro atoms. The number of ketones is 1. The molecule has 2 aliphatic heterocycles. The van der Waals surface area contributed by atoms with E-state index in [-0.39, 0.29) is 5.57 Å². The van der Waals surface area contributed by atoms with Crippen molar-refractivity contribution in [2.45, 2.75) is 6.42 Å². The van der Waals surface area contributed by atoms with E-state index in [1.54, 1.807) is 36.0 Å². The minimum absolute atomic E-state index is 0.0901. The molecule has 0 aromatic heterocycles. The van der Waals surface area contributed by atoms with Crippen LogP contribution in [0.2, 0.25) is 5.02 Å². The zero-order valence-corrected chi connectivity index (χ0v) is 19.5. The molecule has 0 saturated heterocycles. The first-order chi connectivity index (χ1) is 16.4. The molecule has 9 heteroatoms. The minimum Gasteiger partial charge on any atom is -0.489 e. The van der Waals surface area contributed by atoms with Crippen LogP contribution in [0.15, 0.2) is 53.9 Å². The molecule has 2 heterocycles. The first kappa shape index (κ1) is 23.2. The highest BCUT2D eigenvalue weighted by Gasteiger charge is 2.31. The summed E-state index contributed by atoms with van der Waals surface area (Å²) < 4.78 is 16.3. The van der Waals surface area contributed by atoms with Crippen molar-refractivity contribution in [2.75, 3.05) is 43.7 Å². The Bertz CT molecular complexity index is 1220. The van der Waals surface area contributed by atoms with E-state index in [1.807, 2.05) is 30.3 Å². The largest absolute Gasteiger partial charge is 0.489 e. The van der Waals surface area contributed by atoms with Crippen LogP contribution in [0.5, 0.6) is 11.5 Å². The predicted octanol–water partition coefficient (Wildman–Crippen LogP) is 3.95. The van der Waals surface area contributed by atoms with Crippen LogP contribution in [-0.4, -0.2) is 45.7 Å². The summed E-state index contributed by atoms with van der Waals surface area (Å²) in [5.41, 5.74) is 2.26. The molecule has 0 unspecified atom stereocenters. The fraction of sp³-hybridized carbons (Fsp3) is 0.240. The molecule has 0 aliphatic carbocycles. The van der Waals surface area contributed by atoms with Crippen molar-refractivity contribution in [3.63, 3.8) is 0 Å². The zero-order valence-electron chi connectivity index (χ0n) is 18.7. The van der Waals surface area contributed by atoms with Crippen molar-refractivity contribution < 1.29 is 23.8 Å². The molecular weight excluding hydrogens is 458 g/mol. The van der Waals surface area contributed by atoms with Crippen LogP contribution in [0.3, 0.4) is 0 Å². The van der Waals surface area contributed by atoms with Gasteiger partial charge in [-0.25, -0.2) is 4.79 Å². The Hall–Kier alpha value is -3.96. The number of fused-ring (bicyclic) bond motifs is 2. The topological polar surface area (TPSA) is 92.1 Å².